The Bertz CT molecular complexity index is 1750. The Morgan fingerprint density at radius 3 is 2.58 bits per heavy atom. The van der Waals surface area contributed by atoms with Crippen molar-refractivity contribution in [3.8, 4) is 10.8 Å². The van der Waals surface area contributed by atoms with Crippen LogP contribution in [0, 0.1) is 0 Å². The summed E-state index contributed by atoms with van der Waals surface area (Å²) in [5.74, 6) is 0.225. The first-order valence-corrected chi connectivity index (χ1v) is 14.3. The summed E-state index contributed by atoms with van der Waals surface area (Å²) in [4.78, 5) is 34.5. The number of pyridine rings is 1. The molecule has 2 N–H and O–H groups in total. The van der Waals surface area contributed by atoms with Gasteiger partial charge in [0, 0.05) is 56.7 Å². The van der Waals surface area contributed by atoms with Crippen LogP contribution in [0.15, 0.2) is 67.5 Å². The predicted molar refractivity (Wildman–Crippen MR) is 155 cm³/mol. The van der Waals surface area contributed by atoms with Crippen LogP contribution in [0.25, 0.3) is 16.0 Å². The number of alkyl halides is 3. The minimum absolute atomic E-state index is 0.0421. The van der Waals surface area contributed by atoms with E-state index in [0.29, 0.717) is 17.1 Å². The number of ether oxygens (including phenoxy) is 1. The first kappa shape index (κ1) is 28.6. The van der Waals surface area contributed by atoms with E-state index in [4.69, 9.17) is 10.5 Å². The number of halogens is 3. The highest BCUT2D eigenvalue weighted by Crippen LogP contribution is 2.39. The molecule has 5 aromatic rings. The number of amides is 1. The average Bonchev–Trinajstić information content (AvgIpc) is 3.61. The fourth-order valence-electron chi connectivity index (χ4n) is 5.14. The number of fused-ring (bicyclic) bond motifs is 1. The van der Waals surface area contributed by atoms with Crippen molar-refractivity contribution in [1.29, 1.82) is 0 Å². The van der Waals surface area contributed by atoms with Crippen molar-refractivity contribution in [1.82, 2.24) is 29.4 Å². The van der Waals surface area contributed by atoms with E-state index in [1.807, 2.05) is 6.07 Å². The van der Waals surface area contributed by atoms with E-state index in [9.17, 15) is 18.0 Å². The molecule has 222 valence electrons. The smallest absolute Gasteiger partial charge is 0.416 e. The van der Waals surface area contributed by atoms with Crippen LogP contribution >= 0.6 is 11.3 Å². The molecule has 0 aliphatic carbocycles. The first-order valence-electron chi connectivity index (χ1n) is 13.5. The largest absolute Gasteiger partial charge is 0.484 e. The topological polar surface area (TPSA) is 115 Å². The summed E-state index contributed by atoms with van der Waals surface area (Å²) in [5.41, 5.74) is 7.07. The third-order valence-electron chi connectivity index (χ3n) is 7.28. The number of carbonyl (C=O) groups is 1. The minimum atomic E-state index is -4.55. The van der Waals surface area contributed by atoms with Crippen LogP contribution in [0.5, 0.6) is 5.75 Å². The van der Waals surface area contributed by atoms with Gasteiger partial charge in [-0.3, -0.25) is 24.2 Å². The van der Waals surface area contributed by atoms with Gasteiger partial charge in [0.1, 0.15) is 39.4 Å². The number of carbonyl (C=O) groups excluding carboxylic acids is 1. The van der Waals surface area contributed by atoms with Gasteiger partial charge in [-0.15, -0.1) is 11.3 Å². The van der Waals surface area contributed by atoms with E-state index < -0.39 is 23.8 Å². The minimum Gasteiger partial charge on any atom is -0.484 e. The second-order valence-electron chi connectivity index (χ2n) is 10.1. The first-order chi connectivity index (χ1) is 20.7. The van der Waals surface area contributed by atoms with Crippen LogP contribution in [0.2, 0.25) is 0 Å². The summed E-state index contributed by atoms with van der Waals surface area (Å²) in [7, 11) is 0. The summed E-state index contributed by atoms with van der Waals surface area (Å²) in [6.07, 6.45) is 2.87. The Morgan fingerprint density at radius 1 is 1.07 bits per heavy atom. The SMILES string of the molecule is C[C@@H](Oc1cc(-n2cnc3cnc(CN4CCN(c5cnccn5)CC4)cc32)sc1C(N)=O)c1ccccc1C(F)(F)F. The lowest BCUT2D eigenvalue weighted by Gasteiger charge is -2.34. The lowest BCUT2D eigenvalue weighted by Crippen LogP contribution is -2.46. The van der Waals surface area contributed by atoms with Crippen molar-refractivity contribution in [3.63, 3.8) is 0 Å². The normalized spacial score (nSPS) is 15.1. The van der Waals surface area contributed by atoms with Crippen molar-refractivity contribution in [2.45, 2.75) is 25.7 Å². The molecule has 1 aliphatic heterocycles. The highest BCUT2D eigenvalue weighted by molar-refractivity contribution is 7.16. The number of aromatic nitrogens is 5. The highest BCUT2D eigenvalue weighted by atomic mass is 32.1. The number of nitrogens with two attached hydrogens (primary N) is 1. The second-order valence-corrected chi connectivity index (χ2v) is 11.1. The maximum absolute atomic E-state index is 13.6. The Labute approximate surface area is 248 Å². The van der Waals surface area contributed by atoms with Gasteiger partial charge in [-0.05, 0) is 19.1 Å². The van der Waals surface area contributed by atoms with Crippen LogP contribution in [-0.4, -0.2) is 61.5 Å². The molecule has 10 nitrogen and oxygen atoms in total. The van der Waals surface area contributed by atoms with E-state index in [-0.39, 0.29) is 16.2 Å². The fraction of sp³-hybridized carbons (Fsp3) is 0.276. The van der Waals surface area contributed by atoms with Gasteiger partial charge in [-0.1, -0.05) is 18.2 Å². The summed E-state index contributed by atoms with van der Waals surface area (Å²) in [5, 5.41) is 0.581. The van der Waals surface area contributed by atoms with E-state index in [1.165, 1.54) is 25.1 Å². The van der Waals surface area contributed by atoms with E-state index >= 15 is 0 Å². The van der Waals surface area contributed by atoms with Crippen LogP contribution < -0.4 is 15.4 Å². The molecule has 1 fully saturated rings. The Balaban J connectivity index is 1.22. The number of nitrogens with zero attached hydrogens (tertiary/aromatic N) is 7. The number of hydrogen-bond donors (Lipinski definition) is 1. The fourth-order valence-corrected chi connectivity index (χ4v) is 6.07. The van der Waals surface area contributed by atoms with Gasteiger partial charge in [0.05, 0.1) is 29.2 Å². The van der Waals surface area contributed by atoms with Crippen molar-refractivity contribution in [2.75, 3.05) is 31.1 Å². The number of anilines is 1. The van der Waals surface area contributed by atoms with Gasteiger partial charge >= 0.3 is 6.18 Å². The molecule has 1 atom stereocenters. The molecular formula is C29H27F3N8O2S. The number of piperazine rings is 1. The predicted octanol–water partition coefficient (Wildman–Crippen LogP) is 4.85. The number of thiophene rings is 1. The summed E-state index contributed by atoms with van der Waals surface area (Å²) < 4.78 is 48.6. The van der Waals surface area contributed by atoms with Crippen LogP contribution in [-0.2, 0) is 12.7 Å². The molecular weight excluding hydrogens is 581 g/mol. The molecule has 0 unspecified atom stereocenters. The summed E-state index contributed by atoms with van der Waals surface area (Å²) >= 11 is 1.08. The number of hydrogen-bond acceptors (Lipinski definition) is 9. The zero-order valence-electron chi connectivity index (χ0n) is 23.0. The van der Waals surface area contributed by atoms with Crippen LogP contribution in [0.1, 0.15) is 39.5 Å². The van der Waals surface area contributed by atoms with Gasteiger partial charge in [-0.2, -0.15) is 13.2 Å². The van der Waals surface area contributed by atoms with Crippen molar-refractivity contribution in [3.05, 3.63) is 89.2 Å². The lowest BCUT2D eigenvalue weighted by molar-refractivity contribution is -0.139. The maximum atomic E-state index is 13.6. The molecule has 43 heavy (non-hydrogen) atoms. The molecule has 5 heterocycles. The molecule has 14 heteroatoms. The van der Waals surface area contributed by atoms with Crippen molar-refractivity contribution in [2.24, 2.45) is 5.73 Å². The number of imidazole rings is 1. The van der Waals surface area contributed by atoms with Gasteiger partial charge in [0.25, 0.3) is 5.91 Å². The molecule has 1 aromatic carbocycles. The molecule has 0 saturated carbocycles. The van der Waals surface area contributed by atoms with Gasteiger partial charge in [-0.25, -0.2) is 9.97 Å². The van der Waals surface area contributed by atoms with Crippen LogP contribution in [0.3, 0.4) is 0 Å². The Morgan fingerprint density at radius 2 is 1.86 bits per heavy atom. The van der Waals surface area contributed by atoms with Gasteiger partial charge < -0.3 is 15.4 Å². The Kier molecular flexibility index (Phi) is 7.71. The summed E-state index contributed by atoms with van der Waals surface area (Å²) in [6.45, 7) is 5.44. The lowest BCUT2D eigenvalue weighted by atomic mass is 10.0. The van der Waals surface area contributed by atoms with E-state index in [1.54, 1.807) is 41.7 Å². The average molecular weight is 609 g/mol. The molecule has 4 aromatic heterocycles. The van der Waals surface area contributed by atoms with Crippen molar-refractivity contribution >= 4 is 34.1 Å². The third-order valence-corrected chi connectivity index (χ3v) is 8.41. The summed E-state index contributed by atoms with van der Waals surface area (Å²) in [6, 6.07) is 8.75. The van der Waals surface area contributed by atoms with E-state index in [0.717, 1.165) is 60.6 Å². The Hall–Kier alpha value is -4.56. The quantitative estimate of drug-likeness (QED) is 0.266. The van der Waals surface area contributed by atoms with Gasteiger partial charge in [0.2, 0.25) is 0 Å². The second kappa shape index (κ2) is 11.6. The van der Waals surface area contributed by atoms with Gasteiger partial charge in [0.15, 0.2) is 0 Å². The molecule has 0 bridgehead atoms. The molecule has 6 rings (SSSR count). The number of rotatable bonds is 8. The molecule has 1 aliphatic rings. The van der Waals surface area contributed by atoms with Crippen molar-refractivity contribution < 1.29 is 22.7 Å². The maximum Gasteiger partial charge on any atom is 0.416 e. The third kappa shape index (κ3) is 6.01. The number of primary amides is 1. The van der Waals surface area contributed by atoms with Crippen LogP contribution in [0.4, 0.5) is 19.0 Å². The number of benzene rings is 1. The van der Waals surface area contributed by atoms with E-state index in [2.05, 4.69) is 29.7 Å². The highest BCUT2D eigenvalue weighted by Gasteiger charge is 2.35. The zero-order valence-corrected chi connectivity index (χ0v) is 23.8. The monoisotopic (exact) mass is 608 g/mol. The molecule has 0 radical (unpaired) electrons. The zero-order chi connectivity index (χ0) is 30.1. The standard InChI is InChI=1S/C29H27F3N8O2S/c1-18(20-4-2-3-5-21(20)29(30,31)32)42-24-13-26(43-27(24)28(33)41)40-17-37-22-14-36-19(12-23(22)40)16-38-8-10-39(11-9-38)25-15-34-6-7-35-25/h2-7,12-15,17-18H,8-11,16H2,1H3,(H2,33,41)/t18-/m1/s1. The molecule has 0 spiro atoms. The molecule has 1 saturated heterocycles. The molecule has 1 amide bonds.